The summed E-state index contributed by atoms with van der Waals surface area (Å²) >= 11 is 8.43. The number of aromatic nitrogens is 2. The zero-order chi connectivity index (χ0) is 45.7. The molecular weight excluding hydrogens is 853 g/mol. The third-order valence-electron chi connectivity index (χ3n) is 11.0. The Bertz CT molecular complexity index is 1840. The highest BCUT2D eigenvalue weighted by Crippen LogP contribution is 2.24. The summed E-state index contributed by atoms with van der Waals surface area (Å²) in [6, 6.07) is -9.30. The Morgan fingerprint density at radius 3 is 1.58 bits per heavy atom. The smallest absolute Gasteiger partial charge is 0.326 e. The average molecular weight is 909 g/mol. The van der Waals surface area contributed by atoms with Gasteiger partial charge in [-0.1, -0.05) is 0 Å². The van der Waals surface area contributed by atoms with Gasteiger partial charge < -0.3 is 63.3 Å². The van der Waals surface area contributed by atoms with Crippen molar-refractivity contribution in [1.29, 1.82) is 0 Å². The van der Waals surface area contributed by atoms with Gasteiger partial charge in [0, 0.05) is 62.3 Å². The molecule has 3 aliphatic rings. The van der Waals surface area contributed by atoms with Gasteiger partial charge in [-0.2, -0.15) is 25.3 Å². The summed E-state index contributed by atoms with van der Waals surface area (Å²) in [4.78, 5) is 140. The molecule has 9 amide bonds. The van der Waals surface area contributed by atoms with Crippen molar-refractivity contribution in [3.63, 3.8) is 0 Å². The van der Waals surface area contributed by atoms with E-state index in [9.17, 15) is 53.1 Å². The normalized spacial score (nSPS) is 21.0. The molecular formula is C37H56N12O11S2. The first kappa shape index (κ1) is 49.2. The van der Waals surface area contributed by atoms with Crippen LogP contribution in [-0.4, -0.2) is 168 Å². The van der Waals surface area contributed by atoms with E-state index in [0.29, 0.717) is 31.4 Å². The topological polar surface area (TPSA) is 356 Å². The fourth-order valence-corrected chi connectivity index (χ4v) is 8.26. The molecule has 0 bridgehead atoms. The van der Waals surface area contributed by atoms with Crippen LogP contribution in [0.25, 0.3) is 0 Å². The van der Waals surface area contributed by atoms with Crippen molar-refractivity contribution in [3.8, 4) is 0 Å². The number of likely N-dealkylation sites (tertiary alicyclic amines) is 3. The number of nitrogens with zero attached hydrogens (tertiary/aromatic N) is 4. The predicted octanol–water partition coefficient (Wildman–Crippen LogP) is -4.33. The fourth-order valence-electron chi connectivity index (χ4n) is 7.76. The maximum Gasteiger partial charge on any atom is 0.326 e. The van der Waals surface area contributed by atoms with Crippen molar-refractivity contribution in [1.82, 2.24) is 45.9 Å². The molecule has 12 N–H and O–H groups in total. The molecule has 0 spiro atoms. The Labute approximate surface area is 367 Å². The number of amides is 9. The highest BCUT2D eigenvalue weighted by atomic mass is 32.1. The molecule has 62 heavy (non-hydrogen) atoms. The molecule has 3 saturated heterocycles. The number of aliphatic carboxylic acids is 1. The van der Waals surface area contributed by atoms with Crippen LogP contribution in [0.5, 0.6) is 0 Å². The van der Waals surface area contributed by atoms with Gasteiger partial charge in [-0.3, -0.25) is 43.2 Å². The summed E-state index contributed by atoms with van der Waals surface area (Å²) in [6.45, 7) is 0.530. The number of rotatable bonds is 22. The summed E-state index contributed by atoms with van der Waals surface area (Å²) in [5.74, 6) is -7.82. The van der Waals surface area contributed by atoms with E-state index in [-0.39, 0.29) is 76.1 Å². The lowest BCUT2D eigenvalue weighted by atomic mass is 10.1. The monoisotopic (exact) mass is 908 g/mol. The first-order valence-electron chi connectivity index (χ1n) is 20.3. The van der Waals surface area contributed by atoms with Crippen molar-refractivity contribution < 1.29 is 53.1 Å². The van der Waals surface area contributed by atoms with E-state index >= 15 is 0 Å². The van der Waals surface area contributed by atoms with Gasteiger partial charge in [-0.25, -0.2) is 9.78 Å². The lowest BCUT2D eigenvalue weighted by Gasteiger charge is -2.32. The Morgan fingerprint density at radius 1 is 0.677 bits per heavy atom. The Morgan fingerprint density at radius 2 is 1.13 bits per heavy atom. The number of hydrogen-bond acceptors (Lipinski definition) is 14. The second-order valence-corrected chi connectivity index (χ2v) is 16.1. The average Bonchev–Trinajstić information content (AvgIpc) is 4.09. The van der Waals surface area contributed by atoms with Crippen molar-refractivity contribution in [3.05, 3.63) is 18.2 Å². The van der Waals surface area contributed by atoms with Crippen molar-refractivity contribution in [2.45, 2.75) is 119 Å². The van der Waals surface area contributed by atoms with E-state index in [1.165, 1.54) is 27.2 Å². The van der Waals surface area contributed by atoms with E-state index in [4.69, 9.17) is 17.2 Å². The SMILES string of the molecule is NC(=O)CC[C@H](NC(=O)[C@H](CS)NC(=O)[C@@H]1CCCN1C(=O)[C@H](CS)NC(=O)[C@@H]1CCCN1C(=O)[C@H](Cc1cnc[nH]1)NC(=O)[C@@H]1CCCN1C(=O)[C@@H](N)CCC(N)=O)C(=O)O. The number of aromatic amines is 1. The largest absolute Gasteiger partial charge is 0.480 e. The molecule has 4 heterocycles. The molecule has 1 aromatic rings. The number of carbonyl (C=O) groups is 10. The molecule has 0 aromatic carbocycles. The third-order valence-corrected chi connectivity index (χ3v) is 11.8. The first-order chi connectivity index (χ1) is 29.5. The second kappa shape index (κ2) is 23.1. The van der Waals surface area contributed by atoms with Crippen molar-refractivity contribution in [2.24, 2.45) is 17.2 Å². The van der Waals surface area contributed by atoms with Crippen LogP contribution in [0.4, 0.5) is 0 Å². The third kappa shape index (κ3) is 13.0. The van der Waals surface area contributed by atoms with Gasteiger partial charge in [0.15, 0.2) is 0 Å². The standard InChI is InChI=1S/C37H56N12O11S2/c38-20(7-9-28(39)50)34(56)47-11-1-4-25(47)31(53)44-22(14-19-15-41-18-42-19)35(57)48-12-2-6-27(48)33(55)46-24(17-62)36(58)49-13-3-5-26(49)32(54)45-23(16-61)30(52)43-21(37(59)60)8-10-29(40)51/h15,18,20-27,61-62H,1-14,16-17,38H2,(H2,39,50)(H2,40,51)(H,41,42)(H,43,52)(H,44,53)(H,45,54)(H,46,55)(H,59,60)/t20-,21-,22-,23-,24-,25-,26-,27-/m0/s1. The lowest BCUT2D eigenvalue weighted by molar-refractivity contribution is -0.145. The van der Waals surface area contributed by atoms with E-state index in [1.807, 2.05) is 0 Å². The quantitative estimate of drug-likeness (QED) is 0.0491. The molecule has 8 atom stereocenters. The van der Waals surface area contributed by atoms with Gasteiger partial charge >= 0.3 is 5.97 Å². The summed E-state index contributed by atoms with van der Waals surface area (Å²) in [5, 5.41) is 19.7. The number of H-pyrrole nitrogens is 1. The minimum atomic E-state index is -1.46. The number of thiol groups is 2. The molecule has 0 aliphatic carbocycles. The van der Waals surface area contributed by atoms with Crippen LogP contribution in [0, 0.1) is 0 Å². The zero-order valence-corrected chi connectivity index (χ0v) is 35.8. The van der Waals surface area contributed by atoms with Crippen LogP contribution in [0.15, 0.2) is 12.5 Å². The van der Waals surface area contributed by atoms with Crippen LogP contribution < -0.4 is 38.5 Å². The van der Waals surface area contributed by atoms with Crippen LogP contribution in [0.2, 0.25) is 0 Å². The van der Waals surface area contributed by atoms with E-state index in [2.05, 4.69) is 56.5 Å². The number of hydrogen-bond donors (Lipinski definition) is 11. The summed E-state index contributed by atoms with van der Waals surface area (Å²) in [5.41, 5.74) is 16.9. The number of nitrogens with one attached hydrogen (secondary N) is 5. The summed E-state index contributed by atoms with van der Waals surface area (Å²) in [7, 11) is 0. The number of carbonyl (C=O) groups excluding carboxylic acids is 9. The maximum absolute atomic E-state index is 14.3. The Balaban J connectivity index is 1.42. The van der Waals surface area contributed by atoms with Crippen LogP contribution >= 0.6 is 25.3 Å². The van der Waals surface area contributed by atoms with Gasteiger partial charge in [0.25, 0.3) is 0 Å². The molecule has 4 rings (SSSR count). The number of nitrogens with two attached hydrogens (primary N) is 3. The minimum absolute atomic E-state index is 0.00345. The predicted molar refractivity (Wildman–Crippen MR) is 224 cm³/mol. The molecule has 0 saturated carbocycles. The van der Waals surface area contributed by atoms with Gasteiger partial charge in [0.1, 0.15) is 42.3 Å². The molecule has 1 aromatic heterocycles. The molecule has 0 unspecified atom stereocenters. The Hall–Kier alpha value is -5.43. The van der Waals surface area contributed by atoms with Gasteiger partial charge in [0.05, 0.1) is 12.4 Å². The molecule has 0 radical (unpaired) electrons. The molecule has 3 aliphatic heterocycles. The highest BCUT2D eigenvalue weighted by Gasteiger charge is 2.43. The molecule has 23 nitrogen and oxygen atoms in total. The fraction of sp³-hybridized carbons (Fsp3) is 0.649. The van der Waals surface area contributed by atoms with Gasteiger partial charge in [-0.05, 0) is 51.4 Å². The van der Waals surface area contributed by atoms with Crippen LogP contribution in [0.3, 0.4) is 0 Å². The van der Waals surface area contributed by atoms with Gasteiger partial charge in [0.2, 0.25) is 53.2 Å². The number of imidazole rings is 1. The van der Waals surface area contributed by atoms with Crippen LogP contribution in [0.1, 0.15) is 69.9 Å². The molecule has 25 heteroatoms. The molecule has 342 valence electrons. The first-order valence-corrected chi connectivity index (χ1v) is 21.6. The number of primary amides is 2. The van der Waals surface area contributed by atoms with E-state index in [0.717, 1.165) is 0 Å². The molecule has 3 fully saturated rings. The zero-order valence-electron chi connectivity index (χ0n) is 34.0. The van der Waals surface area contributed by atoms with Crippen molar-refractivity contribution >= 4 is 84.4 Å². The van der Waals surface area contributed by atoms with E-state index < -0.39 is 107 Å². The Kier molecular flexibility index (Phi) is 18.4. The minimum Gasteiger partial charge on any atom is -0.480 e. The van der Waals surface area contributed by atoms with E-state index in [1.54, 1.807) is 0 Å². The van der Waals surface area contributed by atoms with Crippen LogP contribution in [-0.2, 0) is 54.4 Å². The number of carboxylic acid groups (broad SMARTS) is 1. The lowest BCUT2D eigenvalue weighted by Crippen LogP contribution is -2.60. The summed E-state index contributed by atoms with van der Waals surface area (Å²) in [6.07, 6.45) is 4.25. The van der Waals surface area contributed by atoms with Crippen molar-refractivity contribution in [2.75, 3.05) is 31.1 Å². The second-order valence-electron chi connectivity index (χ2n) is 15.4. The summed E-state index contributed by atoms with van der Waals surface area (Å²) < 4.78 is 0. The number of carboxylic acids is 1. The highest BCUT2D eigenvalue weighted by molar-refractivity contribution is 7.80. The maximum atomic E-state index is 14.3. The van der Waals surface area contributed by atoms with Gasteiger partial charge in [-0.15, -0.1) is 0 Å².